The summed E-state index contributed by atoms with van der Waals surface area (Å²) in [5.41, 5.74) is 0. The SMILES string of the molecule is CCCn1nccc1NC(=O)CN1CCO[C@H](Cn2cncn2)C1. The van der Waals surface area contributed by atoms with Gasteiger partial charge in [-0.05, 0) is 6.42 Å². The summed E-state index contributed by atoms with van der Waals surface area (Å²) in [5, 5.41) is 11.2. The molecule has 9 heteroatoms. The Morgan fingerprint density at radius 3 is 3.17 bits per heavy atom. The van der Waals surface area contributed by atoms with Crippen molar-refractivity contribution < 1.29 is 9.53 Å². The number of aromatic nitrogens is 5. The minimum Gasteiger partial charge on any atom is -0.374 e. The molecule has 0 spiro atoms. The first kappa shape index (κ1) is 16.6. The summed E-state index contributed by atoms with van der Waals surface area (Å²) >= 11 is 0. The molecule has 1 fully saturated rings. The summed E-state index contributed by atoms with van der Waals surface area (Å²) in [6, 6.07) is 1.82. The van der Waals surface area contributed by atoms with E-state index in [1.807, 2.05) is 10.7 Å². The van der Waals surface area contributed by atoms with Crippen molar-refractivity contribution in [1.82, 2.24) is 29.4 Å². The number of nitrogens with zero attached hydrogens (tertiary/aromatic N) is 6. The zero-order chi connectivity index (χ0) is 16.8. The van der Waals surface area contributed by atoms with E-state index in [1.165, 1.54) is 6.33 Å². The molecule has 0 radical (unpaired) electrons. The molecular formula is C15H23N7O2. The highest BCUT2D eigenvalue weighted by molar-refractivity contribution is 5.91. The summed E-state index contributed by atoms with van der Waals surface area (Å²) in [6.45, 7) is 5.91. The van der Waals surface area contributed by atoms with Gasteiger partial charge in [-0.1, -0.05) is 6.92 Å². The van der Waals surface area contributed by atoms with Crippen LogP contribution in [0.15, 0.2) is 24.9 Å². The van der Waals surface area contributed by atoms with Crippen molar-refractivity contribution in [2.75, 3.05) is 31.6 Å². The number of carbonyl (C=O) groups excluding carboxylic acids is 1. The molecule has 0 bridgehead atoms. The Balaban J connectivity index is 1.49. The molecular weight excluding hydrogens is 310 g/mol. The monoisotopic (exact) mass is 333 g/mol. The smallest absolute Gasteiger partial charge is 0.239 e. The van der Waals surface area contributed by atoms with Gasteiger partial charge in [-0.15, -0.1) is 0 Å². The van der Waals surface area contributed by atoms with Crippen LogP contribution < -0.4 is 5.32 Å². The number of ether oxygens (including phenoxy) is 1. The van der Waals surface area contributed by atoms with Crippen molar-refractivity contribution in [3.8, 4) is 0 Å². The minimum absolute atomic E-state index is 0.0128. The van der Waals surface area contributed by atoms with Crippen molar-refractivity contribution in [3.05, 3.63) is 24.9 Å². The second-order valence-electron chi connectivity index (χ2n) is 5.83. The number of rotatable bonds is 7. The third-order valence-corrected chi connectivity index (χ3v) is 3.87. The number of morpholine rings is 1. The van der Waals surface area contributed by atoms with Gasteiger partial charge in [0.1, 0.15) is 18.5 Å². The molecule has 1 atom stereocenters. The maximum Gasteiger partial charge on any atom is 0.239 e. The third kappa shape index (κ3) is 4.39. The normalized spacial score (nSPS) is 18.6. The molecule has 1 saturated heterocycles. The lowest BCUT2D eigenvalue weighted by atomic mass is 10.2. The van der Waals surface area contributed by atoms with Gasteiger partial charge >= 0.3 is 0 Å². The number of anilines is 1. The molecule has 9 nitrogen and oxygen atoms in total. The number of amides is 1. The van der Waals surface area contributed by atoms with Gasteiger partial charge < -0.3 is 10.1 Å². The molecule has 130 valence electrons. The van der Waals surface area contributed by atoms with Gasteiger partial charge in [0.15, 0.2) is 0 Å². The summed E-state index contributed by atoms with van der Waals surface area (Å²) in [7, 11) is 0. The third-order valence-electron chi connectivity index (χ3n) is 3.87. The lowest BCUT2D eigenvalue weighted by Crippen LogP contribution is -2.47. The molecule has 0 unspecified atom stereocenters. The van der Waals surface area contributed by atoms with Crippen LogP contribution in [0.2, 0.25) is 0 Å². The van der Waals surface area contributed by atoms with Gasteiger partial charge in [0.05, 0.1) is 32.0 Å². The first-order valence-electron chi connectivity index (χ1n) is 8.22. The van der Waals surface area contributed by atoms with Gasteiger partial charge in [0, 0.05) is 25.7 Å². The van der Waals surface area contributed by atoms with Crippen LogP contribution in [0.5, 0.6) is 0 Å². The average Bonchev–Trinajstić information content (AvgIpc) is 3.21. The zero-order valence-corrected chi connectivity index (χ0v) is 13.8. The van der Waals surface area contributed by atoms with E-state index in [4.69, 9.17) is 4.74 Å². The van der Waals surface area contributed by atoms with Crippen LogP contribution in [0.25, 0.3) is 0 Å². The van der Waals surface area contributed by atoms with E-state index < -0.39 is 0 Å². The number of hydrogen-bond acceptors (Lipinski definition) is 6. The van der Waals surface area contributed by atoms with Gasteiger partial charge in [0.2, 0.25) is 5.91 Å². The van der Waals surface area contributed by atoms with Crippen LogP contribution in [-0.2, 0) is 22.6 Å². The van der Waals surface area contributed by atoms with E-state index >= 15 is 0 Å². The number of hydrogen-bond donors (Lipinski definition) is 1. The lowest BCUT2D eigenvalue weighted by molar-refractivity contribution is -0.119. The maximum atomic E-state index is 12.3. The van der Waals surface area contributed by atoms with Crippen LogP contribution in [0.1, 0.15) is 13.3 Å². The first-order valence-corrected chi connectivity index (χ1v) is 8.22. The topological polar surface area (TPSA) is 90.1 Å². The summed E-state index contributed by atoms with van der Waals surface area (Å²) in [4.78, 5) is 18.3. The lowest BCUT2D eigenvalue weighted by Gasteiger charge is -2.32. The number of aryl methyl sites for hydroxylation is 1. The molecule has 2 aromatic heterocycles. The van der Waals surface area contributed by atoms with Gasteiger partial charge in [0.25, 0.3) is 0 Å². The largest absolute Gasteiger partial charge is 0.374 e. The molecule has 0 saturated carbocycles. The standard InChI is InChI=1S/C15H23N7O2/c1-2-5-22-14(3-4-17-22)19-15(23)10-20-6-7-24-13(8-20)9-21-12-16-11-18-21/h3-4,11-13H,2,5-10H2,1H3,(H,19,23)/t13-/m0/s1. The van der Waals surface area contributed by atoms with E-state index in [0.717, 1.165) is 25.3 Å². The van der Waals surface area contributed by atoms with Crippen LogP contribution in [0, 0.1) is 0 Å². The maximum absolute atomic E-state index is 12.3. The summed E-state index contributed by atoms with van der Waals surface area (Å²) in [5.74, 6) is 0.712. The van der Waals surface area contributed by atoms with Crippen LogP contribution in [0.4, 0.5) is 5.82 Å². The summed E-state index contributed by atoms with van der Waals surface area (Å²) in [6.07, 6.45) is 5.86. The van der Waals surface area contributed by atoms with Crippen molar-refractivity contribution in [3.63, 3.8) is 0 Å². The second-order valence-corrected chi connectivity index (χ2v) is 5.83. The Morgan fingerprint density at radius 1 is 1.46 bits per heavy atom. The van der Waals surface area contributed by atoms with Crippen LogP contribution in [0.3, 0.4) is 0 Å². The Morgan fingerprint density at radius 2 is 2.38 bits per heavy atom. The number of carbonyl (C=O) groups is 1. The molecule has 2 aromatic rings. The minimum atomic E-state index is -0.0331. The fourth-order valence-corrected chi connectivity index (χ4v) is 2.78. The highest BCUT2D eigenvalue weighted by Gasteiger charge is 2.23. The Labute approximate surface area is 140 Å². The predicted octanol–water partition coefficient (Wildman–Crippen LogP) is 0.224. The highest BCUT2D eigenvalue weighted by atomic mass is 16.5. The molecule has 1 aliphatic heterocycles. The Hall–Kier alpha value is -2.26. The van der Waals surface area contributed by atoms with Gasteiger partial charge in [-0.3, -0.25) is 14.4 Å². The molecule has 1 aliphatic rings. The molecule has 1 amide bonds. The predicted molar refractivity (Wildman–Crippen MR) is 87.3 cm³/mol. The molecule has 0 aliphatic carbocycles. The van der Waals surface area contributed by atoms with Crippen LogP contribution in [-0.4, -0.2) is 67.7 Å². The van der Waals surface area contributed by atoms with E-state index in [9.17, 15) is 4.79 Å². The molecule has 1 N–H and O–H groups in total. The first-order chi connectivity index (χ1) is 11.7. The second kappa shape index (κ2) is 8.02. The summed E-state index contributed by atoms with van der Waals surface area (Å²) < 4.78 is 9.30. The average molecular weight is 333 g/mol. The fraction of sp³-hybridized carbons (Fsp3) is 0.600. The van der Waals surface area contributed by atoms with Crippen molar-refractivity contribution in [2.24, 2.45) is 0 Å². The molecule has 3 heterocycles. The van der Waals surface area contributed by atoms with E-state index in [-0.39, 0.29) is 12.0 Å². The van der Waals surface area contributed by atoms with E-state index in [2.05, 4.69) is 32.3 Å². The highest BCUT2D eigenvalue weighted by Crippen LogP contribution is 2.09. The molecule has 0 aromatic carbocycles. The Bertz CT molecular complexity index is 640. The van der Waals surface area contributed by atoms with Gasteiger partial charge in [-0.25, -0.2) is 9.67 Å². The number of nitrogens with one attached hydrogen (secondary N) is 1. The van der Waals surface area contributed by atoms with Crippen molar-refractivity contribution in [1.29, 1.82) is 0 Å². The van der Waals surface area contributed by atoms with Crippen molar-refractivity contribution in [2.45, 2.75) is 32.5 Å². The quantitative estimate of drug-likeness (QED) is 0.780. The molecule has 24 heavy (non-hydrogen) atoms. The molecule has 3 rings (SSSR count). The van der Waals surface area contributed by atoms with E-state index in [0.29, 0.717) is 26.2 Å². The van der Waals surface area contributed by atoms with E-state index in [1.54, 1.807) is 17.2 Å². The fourth-order valence-electron chi connectivity index (χ4n) is 2.78. The van der Waals surface area contributed by atoms with Crippen molar-refractivity contribution >= 4 is 11.7 Å². The Kier molecular flexibility index (Phi) is 5.55. The zero-order valence-electron chi connectivity index (χ0n) is 13.8. The van der Waals surface area contributed by atoms with Gasteiger partial charge in [-0.2, -0.15) is 10.2 Å². The van der Waals surface area contributed by atoms with Crippen LogP contribution >= 0.6 is 0 Å².